The van der Waals surface area contributed by atoms with Crippen molar-refractivity contribution in [3.05, 3.63) is 59.7 Å². The maximum atomic E-state index is 13.5. The number of carbonyl (C=O) groups excluding carboxylic acids is 1. The van der Waals surface area contributed by atoms with Gasteiger partial charge < -0.3 is 10.6 Å². The van der Waals surface area contributed by atoms with Crippen molar-refractivity contribution in [2.75, 3.05) is 11.9 Å². The monoisotopic (exact) mass is 301 g/mol. The number of amides is 1. The maximum Gasteiger partial charge on any atom is 0.270 e. The van der Waals surface area contributed by atoms with Crippen LogP contribution >= 0.6 is 0 Å². The van der Waals surface area contributed by atoms with Gasteiger partial charge in [0, 0.05) is 18.7 Å². The Balaban J connectivity index is 1.88. The summed E-state index contributed by atoms with van der Waals surface area (Å²) in [6, 6.07) is 9.85. The van der Waals surface area contributed by atoms with Crippen LogP contribution in [0.25, 0.3) is 0 Å². The molecule has 1 aromatic heterocycles. The Morgan fingerprint density at radius 3 is 2.73 bits per heavy atom. The number of pyridine rings is 1. The fourth-order valence-corrected chi connectivity index (χ4v) is 1.95. The van der Waals surface area contributed by atoms with Crippen molar-refractivity contribution in [2.24, 2.45) is 0 Å². The third-order valence-electron chi connectivity index (χ3n) is 3.25. The van der Waals surface area contributed by atoms with Gasteiger partial charge in [0.25, 0.3) is 5.91 Å². The summed E-state index contributed by atoms with van der Waals surface area (Å²) in [6.07, 6.45) is 3.84. The number of nitrogens with zero attached hydrogens (tertiary/aromatic N) is 1. The summed E-state index contributed by atoms with van der Waals surface area (Å²) < 4.78 is 13.5. The van der Waals surface area contributed by atoms with Crippen molar-refractivity contribution in [3.63, 3.8) is 0 Å². The molecule has 0 bridgehead atoms. The summed E-state index contributed by atoms with van der Waals surface area (Å²) in [4.78, 5) is 16.1. The van der Waals surface area contributed by atoms with Gasteiger partial charge >= 0.3 is 0 Å². The zero-order chi connectivity index (χ0) is 15.8. The largest absolute Gasteiger partial charge is 0.384 e. The van der Waals surface area contributed by atoms with E-state index in [-0.39, 0.29) is 18.3 Å². The number of rotatable bonds is 7. The minimum Gasteiger partial charge on any atom is -0.384 e. The van der Waals surface area contributed by atoms with Crippen LogP contribution < -0.4 is 10.6 Å². The molecule has 1 aromatic carbocycles. The molecule has 0 unspecified atom stereocenters. The lowest BCUT2D eigenvalue weighted by atomic mass is 10.2. The summed E-state index contributed by atoms with van der Waals surface area (Å²) in [5.74, 6) is -0.644. The standard InChI is InChI=1S/C17H20FN3O/c1-2-3-10-19-14-8-9-16(20-12-14)17(22)21-11-13-6-4-5-7-15(13)18/h4-9,12,19H,2-3,10-11H2,1H3,(H,21,22). The number of benzene rings is 1. The van der Waals surface area contributed by atoms with Gasteiger partial charge in [0.05, 0.1) is 11.9 Å². The first-order valence-corrected chi connectivity index (χ1v) is 7.42. The van der Waals surface area contributed by atoms with E-state index in [0.29, 0.717) is 11.3 Å². The highest BCUT2D eigenvalue weighted by Gasteiger charge is 2.08. The van der Waals surface area contributed by atoms with Gasteiger partial charge in [-0.15, -0.1) is 0 Å². The van der Waals surface area contributed by atoms with Crippen LogP contribution in [0.1, 0.15) is 35.8 Å². The first-order valence-electron chi connectivity index (χ1n) is 7.42. The van der Waals surface area contributed by atoms with Gasteiger partial charge in [-0.05, 0) is 24.6 Å². The number of hydrogen-bond donors (Lipinski definition) is 2. The average Bonchev–Trinajstić information content (AvgIpc) is 2.55. The molecule has 2 N–H and O–H groups in total. The molecule has 0 fully saturated rings. The van der Waals surface area contributed by atoms with Crippen molar-refractivity contribution < 1.29 is 9.18 Å². The molecular weight excluding hydrogens is 281 g/mol. The second-order valence-corrected chi connectivity index (χ2v) is 4.99. The molecule has 4 nitrogen and oxygen atoms in total. The van der Waals surface area contributed by atoms with Crippen LogP contribution in [-0.2, 0) is 6.54 Å². The van der Waals surface area contributed by atoms with Crippen LogP contribution in [0, 0.1) is 5.82 Å². The molecule has 0 aliphatic carbocycles. The normalized spacial score (nSPS) is 10.3. The lowest BCUT2D eigenvalue weighted by Crippen LogP contribution is -2.24. The minimum atomic E-state index is -0.328. The fraction of sp³-hybridized carbons (Fsp3) is 0.294. The number of aromatic nitrogens is 1. The number of anilines is 1. The predicted molar refractivity (Wildman–Crippen MR) is 85.2 cm³/mol. The topological polar surface area (TPSA) is 54.0 Å². The first-order chi connectivity index (χ1) is 10.7. The van der Waals surface area contributed by atoms with Gasteiger partial charge in [-0.3, -0.25) is 4.79 Å². The van der Waals surface area contributed by atoms with E-state index in [9.17, 15) is 9.18 Å². The van der Waals surface area contributed by atoms with E-state index in [2.05, 4.69) is 22.5 Å². The molecule has 5 heteroatoms. The summed E-state index contributed by atoms with van der Waals surface area (Å²) in [7, 11) is 0. The van der Waals surface area contributed by atoms with Gasteiger partial charge in [-0.25, -0.2) is 9.37 Å². The molecule has 0 spiro atoms. The summed E-state index contributed by atoms with van der Waals surface area (Å²) in [5, 5.41) is 5.90. The Labute approximate surface area is 129 Å². The second kappa shape index (κ2) is 8.12. The second-order valence-electron chi connectivity index (χ2n) is 4.99. The number of halogens is 1. The number of hydrogen-bond acceptors (Lipinski definition) is 3. The number of nitrogens with one attached hydrogen (secondary N) is 2. The van der Waals surface area contributed by atoms with Crippen molar-refractivity contribution in [3.8, 4) is 0 Å². The van der Waals surface area contributed by atoms with Gasteiger partial charge in [0.2, 0.25) is 0 Å². The van der Waals surface area contributed by atoms with Gasteiger partial charge in [-0.1, -0.05) is 31.5 Å². The molecular formula is C17H20FN3O. The van der Waals surface area contributed by atoms with Crippen LogP contribution in [0.4, 0.5) is 10.1 Å². The van der Waals surface area contributed by atoms with Gasteiger partial charge in [0.1, 0.15) is 11.5 Å². The highest BCUT2D eigenvalue weighted by molar-refractivity contribution is 5.92. The molecule has 0 aliphatic rings. The van der Waals surface area contributed by atoms with Crippen LogP contribution in [-0.4, -0.2) is 17.4 Å². The highest BCUT2D eigenvalue weighted by atomic mass is 19.1. The average molecular weight is 301 g/mol. The predicted octanol–water partition coefficient (Wildman–Crippen LogP) is 3.36. The summed E-state index contributed by atoms with van der Waals surface area (Å²) in [5.41, 5.74) is 1.66. The Kier molecular flexibility index (Phi) is 5.89. The van der Waals surface area contributed by atoms with E-state index >= 15 is 0 Å². The molecule has 1 heterocycles. The van der Waals surface area contributed by atoms with Crippen molar-refractivity contribution >= 4 is 11.6 Å². The molecule has 116 valence electrons. The van der Waals surface area contributed by atoms with Gasteiger partial charge in [-0.2, -0.15) is 0 Å². The quantitative estimate of drug-likeness (QED) is 0.771. The van der Waals surface area contributed by atoms with E-state index in [1.807, 2.05) is 6.07 Å². The Hall–Kier alpha value is -2.43. The van der Waals surface area contributed by atoms with E-state index in [4.69, 9.17) is 0 Å². The van der Waals surface area contributed by atoms with Crippen LogP contribution in [0.2, 0.25) is 0 Å². The lowest BCUT2D eigenvalue weighted by molar-refractivity contribution is 0.0945. The van der Waals surface area contributed by atoms with Gasteiger partial charge in [0.15, 0.2) is 0 Å². The summed E-state index contributed by atoms with van der Waals surface area (Å²) in [6.45, 7) is 3.16. The molecule has 0 radical (unpaired) electrons. The first kappa shape index (κ1) is 15.9. The molecule has 0 aliphatic heterocycles. The Morgan fingerprint density at radius 1 is 1.23 bits per heavy atom. The molecule has 22 heavy (non-hydrogen) atoms. The molecule has 0 saturated heterocycles. The lowest BCUT2D eigenvalue weighted by Gasteiger charge is -2.07. The number of unbranched alkanes of at least 4 members (excludes halogenated alkanes) is 1. The zero-order valence-electron chi connectivity index (χ0n) is 12.6. The Morgan fingerprint density at radius 2 is 2.05 bits per heavy atom. The zero-order valence-corrected chi connectivity index (χ0v) is 12.6. The van der Waals surface area contributed by atoms with Crippen molar-refractivity contribution in [2.45, 2.75) is 26.3 Å². The smallest absolute Gasteiger partial charge is 0.270 e. The SMILES string of the molecule is CCCCNc1ccc(C(=O)NCc2ccccc2F)nc1. The van der Waals surface area contributed by atoms with E-state index in [0.717, 1.165) is 25.1 Å². The molecule has 1 amide bonds. The third kappa shape index (κ3) is 4.55. The fourth-order valence-electron chi connectivity index (χ4n) is 1.95. The molecule has 2 rings (SSSR count). The van der Waals surface area contributed by atoms with Crippen molar-refractivity contribution in [1.82, 2.24) is 10.3 Å². The maximum absolute atomic E-state index is 13.5. The third-order valence-corrected chi connectivity index (χ3v) is 3.25. The molecule has 0 saturated carbocycles. The number of carbonyl (C=O) groups is 1. The van der Waals surface area contributed by atoms with Crippen LogP contribution in [0.15, 0.2) is 42.6 Å². The minimum absolute atomic E-state index is 0.143. The molecule has 0 atom stereocenters. The molecule has 2 aromatic rings. The van der Waals surface area contributed by atoms with E-state index in [1.165, 1.54) is 6.07 Å². The van der Waals surface area contributed by atoms with E-state index < -0.39 is 0 Å². The van der Waals surface area contributed by atoms with Crippen LogP contribution in [0.3, 0.4) is 0 Å². The summed E-state index contributed by atoms with van der Waals surface area (Å²) >= 11 is 0. The Bertz CT molecular complexity index is 614. The highest BCUT2D eigenvalue weighted by Crippen LogP contribution is 2.08. The van der Waals surface area contributed by atoms with Crippen molar-refractivity contribution in [1.29, 1.82) is 0 Å². The van der Waals surface area contributed by atoms with E-state index in [1.54, 1.807) is 30.5 Å². The van der Waals surface area contributed by atoms with Crippen LogP contribution in [0.5, 0.6) is 0 Å².